The lowest BCUT2D eigenvalue weighted by molar-refractivity contribution is 0.218. The van der Waals surface area contributed by atoms with E-state index in [0.29, 0.717) is 0 Å². The number of carbonyl (C=O) groups is 1. The van der Waals surface area contributed by atoms with Crippen molar-refractivity contribution in [2.45, 2.75) is 33.6 Å². The lowest BCUT2D eigenvalue weighted by Crippen LogP contribution is -2.27. The molecule has 22 heavy (non-hydrogen) atoms. The molecule has 0 unspecified atom stereocenters. The Morgan fingerprint density at radius 3 is 2.59 bits per heavy atom. The zero-order valence-corrected chi connectivity index (χ0v) is 14.1. The molecule has 3 rings (SSSR count). The number of nitrogens with zero attached hydrogens (tertiary/aromatic N) is 3. The minimum atomic E-state index is -0.113. The molecule has 1 aliphatic heterocycles. The lowest BCUT2D eigenvalue weighted by Gasteiger charge is -2.11. The Morgan fingerprint density at radius 1 is 1.18 bits per heavy atom. The van der Waals surface area contributed by atoms with Crippen LogP contribution in [0.25, 0.3) is 5.69 Å². The molecule has 1 aromatic heterocycles. The topological polar surface area (TPSA) is 37.6 Å². The molecule has 116 valence electrons. The van der Waals surface area contributed by atoms with E-state index in [0.717, 1.165) is 41.3 Å². The summed E-state index contributed by atoms with van der Waals surface area (Å²) in [4.78, 5) is 20.4. The van der Waals surface area contributed by atoms with Gasteiger partial charge in [-0.1, -0.05) is 17.7 Å². The highest BCUT2D eigenvalue weighted by Crippen LogP contribution is 2.16. The average molecular weight is 315 g/mol. The highest BCUT2D eigenvalue weighted by Gasteiger charge is 2.17. The van der Waals surface area contributed by atoms with E-state index in [1.165, 1.54) is 11.1 Å². The van der Waals surface area contributed by atoms with Crippen LogP contribution in [0.5, 0.6) is 0 Å². The van der Waals surface area contributed by atoms with Crippen LogP contribution in [0.3, 0.4) is 0 Å². The normalized spacial score (nSPS) is 15.6. The average Bonchev–Trinajstić information content (AvgIpc) is 3.09. The number of benzene rings is 1. The first-order valence-corrected chi connectivity index (χ1v) is 8.46. The third-order valence-electron chi connectivity index (χ3n) is 3.95. The second-order valence-corrected chi connectivity index (χ2v) is 7.09. The molecule has 4 nitrogen and oxygen atoms in total. The minimum absolute atomic E-state index is 0.113. The van der Waals surface area contributed by atoms with Gasteiger partial charge in [-0.05, 0) is 45.2 Å². The number of urea groups is 1. The second-order valence-electron chi connectivity index (χ2n) is 5.87. The van der Waals surface area contributed by atoms with Crippen LogP contribution in [0.2, 0.25) is 0 Å². The van der Waals surface area contributed by atoms with Gasteiger partial charge in [0.15, 0.2) is 4.80 Å². The van der Waals surface area contributed by atoms with Crippen LogP contribution in [0.4, 0.5) is 4.79 Å². The monoisotopic (exact) mass is 315 g/mol. The van der Waals surface area contributed by atoms with Crippen molar-refractivity contribution in [3.8, 4) is 5.69 Å². The Kier molecular flexibility index (Phi) is 4.16. The van der Waals surface area contributed by atoms with Crippen LogP contribution in [-0.2, 0) is 0 Å². The Morgan fingerprint density at radius 2 is 1.91 bits per heavy atom. The van der Waals surface area contributed by atoms with Crippen LogP contribution in [-0.4, -0.2) is 28.6 Å². The summed E-state index contributed by atoms with van der Waals surface area (Å²) < 4.78 is 2.03. The van der Waals surface area contributed by atoms with Gasteiger partial charge >= 0.3 is 6.03 Å². The zero-order chi connectivity index (χ0) is 15.7. The number of hydrogen-bond donors (Lipinski definition) is 0. The maximum atomic E-state index is 12.3. The number of rotatable bonds is 1. The summed E-state index contributed by atoms with van der Waals surface area (Å²) in [7, 11) is 0. The molecule has 0 radical (unpaired) electrons. The first-order chi connectivity index (χ1) is 10.5. The maximum absolute atomic E-state index is 12.3. The summed E-state index contributed by atoms with van der Waals surface area (Å²) in [6.45, 7) is 7.88. The molecule has 0 bridgehead atoms. The summed E-state index contributed by atoms with van der Waals surface area (Å²) in [6, 6.07) is 6.23. The van der Waals surface area contributed by atoms with Gasteiger partial charge in [0.25, 0.3) is 0 Å². The first kappa shape index (κ1) is 15.0. The molecule has 2 amide bonds. The molecule has 0 atom stereocenters. The van der Waals surface area contributed by atoms with E-state index < -0.39 is 0 Å². The van der Waals surface area contributed by atoms with Crippen molar-refractivity contribution in [3.63, 3.8) is 0 Å². The molecule has 1 fully saturated rings. The number of thiazole rings is 1. The highest BCUT2D eigenvalue weighted by molar-refractivity contribution is 7.09. The largest absolute Gasteiger partial charge is 0.346 e. The predicted octanol–water partition coefficient (Wildman–Crippen LogP) is 3.58. The van der Waals surface area contributed by atoms with Gasteiger partial charge in [-0.15, -0.1) is 11.3 Å². The predicted molar refractivity (Wildman–Crippen MR) is 89.6 cm³/mol. The van der Waals surface area contributed by atoms with Crippen molar-refractivity contribution in [1.29, 1.82) is 0 Å². The van der Waals surface area contributed by atoms with E-state index in [1.807, 2.05) is 16.4 Å². The second kappa shape index (κ2) is 6.08. The zero-order valence-electron chi connectivity index (χ0n) is 13.3. The summed E-state index contributed by atoms with van der Waals surface area (Å²) in [6.07, 6.45) is 4.22. The molecule has 1 aliphatic rings. The van der Waals surface area contributed by atoms with Gasteiger partial charge in [0, 0.05) is 24.2 Å². The van der Waals surface area contributed by atoms with E-state index in [4.69, 9.17) is 0 Å². The number of hydrogen-bond acceptors (Lipinski definition) is 2. The Hall–Kier alpha value is -1.88. The fourth-order valence-electron chi connectivity index (χ4n) is 2.84. The van der Waals surface area contributed by atoms with Gasteiger partial charge in [-0.2, -0.15) is 4.99 Å². The molecule has 0 aliphatic carbocycles. The number of aryl methyl sites for hydroxylation is 3. The molecule has 0 saturated carbocycles. The third-order valence-corrected chi connectivity index (χ3v) is 4.85. The summed E-state index contributed by atoms with van der Waals surface area (Å²) in [5.74, 6) is 0. The van der Waals surface area contributed by atoms with Gasteiger partial charge < -0.3 is 4.90 Å². The van der Waals surface area contributed by atoms with Crippen molar-refractivity contribution in [1.82, 2.24) is 9.47 Å². The van der Waals surface area contributed by atoms with Gasteiger partial charge in [-0.3, -0.25) is 4.57 Å². The van der Waals surface area contributed by atoms with Crippen LogP contribution >= 0.6 is 11.3 Å². The SMILES string of the molecule is Cc1ccc(-n2cc(C)sc2=NC(=O)N2CCCC2)c(C)c1. The van der Waals surface area contributed by atoms with Crippen molar-refractivity contribution in [2.24, 2.45) is 4.99 Å². The van der Waals surface area contributed by atoms with Crippen molar-refractivity contribution in [3.05, 3.63) is 45.2 Å². The highest BCUT2D eigenvalue weighted by atomic mass is 32.1. The van der Waals surface area contributed by atoms with Crippen LogP contribution in [0.1, 0.15) is 28.8 Å². The van der Waals surface area contributed by atoms with E-state index >= 15 is 0 Å². The smallest absolute Gasteiger partial charge is 0.323 e. The fourth-order valence-corrected chi connectivity index (χ4v) is 3.66. The third kappa shape index (κ3) is 2.99. The van der Waals surface area contributed by atoms with Gasteiger partial charge in [0.05, 0.1) is 5.69 Å². The van der Waals surface area contributed by atoms with Gasteiger partial charge in [0.2, 0.25) is 0 Å². The van der Waals surface area contributed by atoms with E-state index in [2.05, 4.69) is 43.2 Å². The first-order valence-electron chi connectivity index (χ1n) is 7.65. The lowest BCUT2D eigenvalue weighted by atomic mass is 10.1. The van der Waals surface area contributed by atoms with Crippen LogP contribution in [0, 0.1) is 20.8 Å². The number of carbonyl (C=O) groups excluding carboxylic acids is 1. The molecule has 2 heterocycles. The molecule has 2 aromatic rings. The minimum Gasteiger partial charge on any atom is -0.323 e. The summed E-state index contributed by atoms with van der Waals surface area (Å²) in [5.41, 5.74) is 3.51. The van der Waals surface area contributed by atoms with Crippen LogP contribution in [0.15, 0.2) is 29.4 Å². The van der Waals surface area contributed by atoms with Gasteiger partial charge in [-0.25, -0.2) is 4.79 Å². The van der Waals surface area contributed by atoms with E-state index in [-0.39, 0.29) is 6.03 Å². The standard InChI is InChI=1S/C17H21N3OS/c1-12-6-7-15(13(2)10-12)20-11-14(3)22-17(20)18-16(21)19-8-4-5-9-19/h6-7,10-11H,4-5,8-9H2,1-3H3. The van der Waals surface area contributed by atoms with Gasteiger partial charge in [0.1, 0.15) is 0 Å². The molecule has 0 N–H and O–H groups in total. The van der Waals surface area contributed by atoms with Crippen molar-refractivity contribution in [2.75, 3.05) is 13.1 Å². The molecule has 1 aromatic carbocycles. The Bertz CT molecular complexity index is 766. The Labute approximate surface area is 134 Å². The molecular formula is C17H21N3OS. The summed E-state index contributed by atoms with van der Waals surface area (Å²) >= 11 is 1.56. The quantitative estimate of drug-likeness (QED) is 0.792. The molecular weight excluding hydrogens is 294 g/mol. The number of amides is 2. The van der Waals surface area contributed by atoms with E-state index in [9.17, 15) is 4.79 Å². The fraction of sp³-hybridized carbons (Fsp3) is 0.412. The van der Waals surface area contributed by atoms with Crippen LogP contribution < -0.4 is 4.80 Å². The molecule has 0 spiro atoms. The number of aromatic nitrogens is 1. The number of likely N-dealkylation sites (tertiary alicyclic amines) is 1. The Balaban J connectivity index is 2.04. The van der Waals surface area contributed by atoms with Crippen molar-refractivity contribution < 1.29 is 4.79 Å². The van der Waals surface area contributed by atoms with E-state index in [1.54, 1.807) is 11.3 Å². The summed E-state index contributed by atoms with van der Waals surface area (Å²) in [5, 5.41) is 0. The van der Waals surface area contributed by atoms with Crippen molar-refractivity contribution >= 4 is 17.4 Å². The molecule has 1 saturated heterocycles. The molecule has 5 heteroatoms. The maximum Gasteiger partial charge on any atom is 0.346 e.